The number of ether oxygens (including phenoxy) is 1. The maximum Gasteiger partial charge on any atom is 0.411 e. The van der Waals surface area contributed by atoms with Crippen molar-refractivity contribution >= 4 is 39.6 Å². The molecule has 1 atom stereocenters. The number of benzene rings is 3. The second kappa shape index (κ2) is 10.1. The molecule has 0 heterocycles. The molecule has 0 aliphatic heterocycles. The molecule has 0 radical (unpaired) electrons. The molecule has 34 heavy (non-hydrogen) atoms. The first kappa shape index (κ1) is 23.5. The summed E-state index contributed by atoms with van der Waals surface area (Å²) in [7, 11) is 0. The molecule has 2 amide bonds. The highest BCUT2D eigenvalue weighted by Crippen LogP contribution is 2.44. The van der Waals surface area contributed by atoms with Crippen molar-refractivity contribution in [3.8, 4) is 11.1 Å². The van der Waals surface area contributed by atoms with E-state index in [9.17, 15) is 14.4 Å². The van der Waals surface area contributed by atoms with Crippen molar-refractivity contribution in [1.29, 1.82) is 0 Å². The van der Waals surface area contributed by atoms with Crippen LogP contribution in [0.2, 0.25) is 0 Å². The van der Waals surface area contributed by atoms with Crippen molar-refractivity contribution in [1.82, 2.24) is 5.48 Å². The fourth-order valence-corrected chi connectivity index (χ4v) is 4.17. The van der Waals surface area contributed by atoms with Crippen LogP contribution in [0.5, 0.6) is 0 Å². The van der Waals surface area contributed by atoms with E-state index in [2.05, 4.69) is 26.7 Å². The quantitative estimate of drug-likeness (QED) is 0.377. The predicted octanol–water partition coefficient (Wildman–Crippen LogP) is 4.94. The van der Waals surface area contributed by atoms with E-state index in [1.165, 1.54) is 19.1 Å². The van der Waals surface area contributed by atoms with Crippen LogP contribution in [0.1, 0.15) is 34.3 Å². The van der Waals surface area contributed by atoms with Crippen LogP contribution in [-0.4, -0.2) is 35.8 Å². The lowest BCUT2D eigenvalue weighted by molar-refractivity contribution is -0.152. The highest BCUT2D eigenvalue weighted by atomic mass is 79.9. The molecule has 4 rings (SSSR count). The average molecular weight is 525 g/mol. The number of hydroxylamine groups is 1. The Morgan fingerprint density at radius 3 is 2.24 bits per heavy atom. The minimum absolute atomic E-state index is 0.0781. The third-order valence-corrected chi connectivity index (χ3v) is 5.98. The molecule has 0 saturated heterocycles. The van der Waals surface area contributed by atoms with E-state index in [1.807, 2.05) is 48.5 Å². The number of carboxylic acids is 1. The van der Waals surface area contributed by atoms with E-state index in [0.29, 0.717) is 4.47 Å². The van der Waals surface area contributed by atoms with Gasteiger partial charge in [0.05, 0.1) is 11.3 Å². The van der Waals surface area contributed by atoms with E-state index in [-0.39, 0.29) is 23.8 Å². The van der Waals surface area contributed by atoms with Gasteiger partial charge in [-0.3, -0.25) is 14.9 Å². The molecule has 0 aromatic heterocycles. The largest absolute Gasteiger partial charge is 0.479 e. The first-order valence-electron chi connectivity index (χ1n) is 10.5. The number of carbonyl (C=O) groups is 3. The molecule has 1 unspecified atom stereocenters. The van der Waals surface area contributed by atoms with E-state index in [4.69, 9.17) is 14.7 Å². The number of carbonyl (C=O) groups excluding carboxylic acids is 2. The molecule has 0 fully saturated rings. The van der Waals surface area contributed by atoms with Crippen LogP contribution in [0.25, 0.3) is 11.1 Å². The van der Waals surface area contributed by atoms with Crippen molar-refractivity contribution in [2.75, 3.05) is 11.9 Å². The van der Waals surface area contributed by atoms with Gasteiger partial charge in [-0.15, -0.1) is 0 Å². The van der Waals surface area contributed by atoms with Crippen LogP contribution in [-0.2, 0) is 14.4 Å². The molecule has 3 aromatic carbocycles. The molecular formula is C25H21BrN2O6. The van der Waals surface area contributed by atoms with Gasteiger partial charge < -0.3 is 9.84 Å². The minimum atomic E-state index is -1.24. The zero-order valence-corrected chi connectivity index (χ0v) is 19.7. The Morgan fingerprint density at radius 1 is 1.00 bits per heavy atom. The van der Waals surface area contributed by atoms with Gasteiger partial charge in [-0.25, -0.2) is 15.1 Å². The van der Waals surface area contributed by atoms with Gasteiger partial charge in [0.15, 0.2) is 6.10 Å². The molecule has 0 spiro atoms. The predicted molar refractivity (Wildman–Crippen MR) is 128 cm³/mol. The van der Waals surface area contributed by atoms with Crippen molar-refractivity contribution in [3.63, 3.8) is 0 Å². The van der Waals surface area contributed by atoms with Gasteiger partial charge >= 0.3 is 12.1 Å². The summed E-state index contributed by atoms with van der Waals surface area (Å²) in [6.07, 6.45) is -1.97. The number of amides is 2. The van der Waals surface area contributed by atoms with Gasteiger partial charge in [-0.1, -0.05) is 64.5 Å². The zero-order chi connectivity index (χ0) is 24.2. The molecule has 8 nitrogen and oxygen atoms in total. The lowest BCUT2D eigenvalue weighted by Crippen LogP contribution is -2.33. The number of hydrogen-bond acceptors (Lipinski definition) is 5. The van der Waals surface area contributed by atoms with Crippen molar-refractivity contribution in [2.24, 2.45) is 0 Å². The Balaban J connectivity index is 1.45. The van der Waals surface area contributed by atoms with Crippen LogP contribution in [0.15, 0.2) is 71.2 Å². The highest BCUT2D eigenvalue weighted by molar-refractivity contribution is 9.10. The Morgan fingerprint density at radius 2 is 1.62 bits per heavy atom. The second-order valence-electron chi connectivity index (χ2n) is 7.67. The fourth-order valence-electron chi connectivity index (χ4n) is 3.81. The minimum Gasteiger partial charge on any atom is -0.479 e. The molecule has 0 bridgehead atoms. The number of rotatable bonds is 7. The average Bonchev–Trinajstić information content (AvgIpc) is 3.14. The summed E-state index contributed by atoms with van der Waals surface area (Å²) in [6, 6.07) is 20.6. The summed E-state index contributed by atoms with van der Waals surface area (Å²) in [5.74, 6) is -2.04. The third kappa shape index (κ3) is 4.95. The standard InChI is InChI=1S/C25H21BrN2O6/c1-14(24(30)31)34-28-23(29)20-11-10-15(26)12-22(20)27-25(32)33-13-21-18-8-4-2-6-16(18)17-7-3-5-9-19(17)21/h2-12,14,21H,13H2,1H3,(H,27,32)(H,28,29)(H,30,31). The fraction of sp³-hybridized carbons (Fsp3) is 0.160. The molecule has 174 valence electrons. The smallest absolute Gasteiger partial charge is 0.411 e. The Kier molecular flexibility index (Phi) is 6.95. The first-order valence-corrected chi connectivity index (χ1v) is 11.2. The van der Waals surface area contributed by atoms with Gasteiger partial charge in [-0.2, -0.15) is 0 Å². The van der Waals surface area contributed by atoms with Gasteiger partial charge in [0.1, 0.15) is 6.61 Å². The number of hydrogen-bond donors (Lipinski definition) is 3. The highest BCUT2D eigenvalue weighted by Gasteiger charge is 2.29. The number of anilines is 1. The molecule has 3 N–H and O–H groups in total. The van der Waals surface area contributed by atoms with Gasteiger partial charge in [0.25, 0.3) is 5.91 Å². The summed E-state index contributed by atoms with van der Waals surface area (Å²) in [4.78, 5) is 40.9. The van der Waals surface area contributed by atoms with E-state index in [1.54, 1.807) is 6.07 Å². The molecule has 1 aliphatic rings. The summed E-state index contributed by atoms with van der Waals surface area (Å²) in [5.41, 5.74) is 6.75. The molecule has 0 saturated carbocycles. The summed E-state index contributed by atoms with van der Waals surface area (Å²) in [5, 5.41) is 11.5. The molecule has 9 heteroatoms. The summed E-state index contributed by atoms with van der Waals surface area (Å²) < 4.78 is 6.16. The topological polar surface area (TPSA) is 114 Å². The Labute approximate surface area is 204 Å². The second-order valence-corrected chi connectivity index (χ2v) is 8.59. The van der Waals surface area contributed by atoms with Gasteiger partial charge in [-0.05, 0) is 47.4 Å². The van der Waals surface area contributed by atoms with Crippen molar-refractivity contribution in [2.45, 2.75) is 18.9 Å². The maximum atomic E-state index is 12.6. The van der Waals surface area contributed by atoms with Crippen LogP contribution in [0, 0.1) is 0 Å². The molecule has 1 aliphatic carbocycles. The molecule has 3 aromatic rings. The monoisotopic (exact) mass is 524 g/mol. The number of aliphatic carboxylic acids is 1. The van der Waals surface area contributed by atoms with Crippen LogP contribution in [0.4, 0.5) is 10.5 Å². The number of nitrogens with one attached hydrogen (secondary N) is 2. The lowest BCUT2D eigenvalue weighted by Gasteiger charge is -2.16. The van der Waals surface area contributed by atoms with Crippen molar-refractivity contribution < 1.29 is 29.1 Å². The molecular weight excluding hydrogens is 504 g/mol. The first-order chi connectivity index (χ1) is 16.3. The number of carboxylic acid groups (broad SMARTS) is 1. The zero-order valence-electron chi connectivity index (χ0n) is 18.1. The third-order valence-electron chi connectivity index (χ3n) is 5.48. The van der Waals surface area contributed by atoms with Crippen LogP contribution < -0.4 is 10.8 Å². The Hall–Kier alpha value is -3.69. The van der Waals surface area contributed by atoms with Crippen LogP contribution >= 0.6 is 15.9 Å². The normalized spacial score (nSPS) is 12.9. The van der Waals surface area contributed by atoms with Crippen molar-refractivity contribution in [3.05, 3.63) is 87.9 Å². The Bertz CT molecular complexity index is 1220. The van der Waals surface area contributed by atoms with Crippen LogP contribution in [0.3, 0.4) is 0 Å². The van der Waals surface area contributed by atoms with E-state index in [0.717, 1.165) is 22.3 Å². The number of halogens is 1. The summed E-state index contributed by atoms with van der Waals surface area (Å²) in [6.45, 7) is 1.40. The van der Waals surface area contributed by atoms with E-state index >= 15 is 0 Å². The SMILES string of the molecule is CC(ONC(=O)c1ccc(Br)cc1NC(=O)OCC1c2ccccc2-c2ccccc21)C(=O)O. The lowest BCUT2D eigenvalue weighted by atomic mass is 9.98. The van der Waals surface area contributed by atoms with Gasteiger partial charge in [0, 0.05) is 10.4 Å². The van der Waals surface area contributed by atoms with E-state index < -0.39 is 24.1 Å². The summed E-state index contributed by atoms with van der Waals surface area (Å²) >= 11 is 3.31. The number of fused-ring (bicyclic) bond motifs is 3. The van der Waals surface area contributed by atoms with Gasteiger partial charge in [0.2, 0.25) is 0 Å². The maximum absolute atomic E-state index is 12.6.